The Morgan fingerprint density at radius 1 is 1.33 bits per heavy atom. The molecule has 0 unspecified atom stereocenters. The van der Waals surface area contributed by atoms with Gasteiger partial charge in [0.2, 0.25) is 0 Å². The summed E-state index contributed by atoms with van der Waals surface area (Å²) in [5.74, 6) is 0. The van der Waals surface area contributed by atoms with Crippen LogP contribution < -0.4 is 5.32 Å². The first-order valence-electron chi connectivity index (χ1n) is 6.02. The van der Waals surface area contributed by atoms with Gasteiger partial charge in [0.15, 0.2) is 0 Å². The molecule has 1 aromatic rings. The second-order valence-corrected chi connectivity index (χ2v) is 5.14. The molecule has 5 heteroatoms. The summed E-state index contributed by atoms with van der Waals surface area (Å²) in [6.45, 7) is 5.54. The van der Waals surface area contributed by atoms with Gasteiger partial charge in [0.05, 0.1) is 24.8 Å². The number of halogens is 1. The van der Waals surface area contributed by atoms with Crippen molar-refractivity contribution in [3.05, 3.63) is 28.2 Å². The van der Waals surface area contributed by atoms with Gasteiger partial charge in [-0.2, -0.15) is 5.26 Å². The molecular formula is C13H16BrN3O. The van der Waals surface area contributed by atoms with Gasteiger partial charge < -0.3 is 10.1 Å². The van der Waals surface area contributed by atoms with Crippen LogP contribution in [0.25, 0.3) is 0 Å². The van der Waals surface area contributed by atoms with Crippen molar-refractivity contribution >= 4 is 21.6 Å². The lowest BCUT2D eigenvalue weighted by Gasteiger charge is -2.26. The number of ether oxygens (including phenoxy) is 1. The number of morpholine rings is 1. The second-order valence-electron chi connectivity index (χ2n) is 4.22. The van der Waals surface area contributed by atoms with E-state index in [1.807, 2.05) is 18.2 Å². The van der Waals surface area contributed by atoms with Crippen molar-refractivity contribution in [2.24, 2.45) is 0 Å². The van der Waals surface area contributed by atoms with Crippen molar-refractivity contribution in [1.29, 1.82) is 5.26 Å². The molecule has 96 valence electrons. The number of nitrogens with zero attached hydrogens (tertiary/aromatic N) is 2. The maximum Gasteiger partial charge on any atom is 0.0992 e. The Morgan fingerprint density at radius 2 is 2.11 bits per heavy atom. The summed E-state index contributed by atoms with van der Waals surface area (Å²) in [5.41, 5.74) is 1.65. The average Bonchev–Trinajstić information content (AvgIpc) is 2.39. The fourth-order valence-electron chi connectivity index (χ4n) is 1.94. The van der Waals surface area contributed by atoms with Gasteiger partial charge in [0, 0.05) is 36.3 Å². The van der Waals surface area contributed by atoms with Crippen molar-refractivity contribution in [2.45, 2.75) is 0 Å². The van der Waals surface area contributed by atoms with Gasteiger partial charge in [-0.05, 0) is 18.2 Å². The van der Waals surface area contributed by atoms with Gasteiger partial charge in [-0.15, -0.1) is 0 Å². The number of rotatable bonds is 4. The third-order valence-corrected chi connectivity index (χ3v) is 3.35. The molecule has 1 aromatic carbocycles. The van der Waals surface area contributed by atoms with E-state index in [1.165, 1.54) is 0 Å². The maximum atomic E-state index is 8.90. The fraction of sp³-hybridized carbons (Fsp3) is 0.462. The number of nitrogens with one attached hydrogen (secondary N) is 1. The van der Waals surface area contributed by atoms with E-state index in [0.717, 1.165) is 49.6 Å². The van der Waals surface area contributed by atoms with E-state index in [4.69, 9.17) is 10.00 Å². The summed E-state index contributed by atoms with van der Waals surface area (Å²) >= 11 is 3.40. The normalized spacial score (nSPS) is 16.2. The summed E-state index contributed by atoms with van der Waals surface area (Å²) in [5, 5.41) is 12.2. The zero-order chi connectivity index (χ0) is 12.8. The summed E-state index contributed by atoms with van der Waals surface area (Å²) in [6.07, 6.45) is 0. The van der Waals surface area contributed by atoms with E-state index in [2.05, 4.69) is 32.2 Å². The molecule has 4 nitrogen and oxygen atoms in total. The quantitative estimate of drug-likeness (QED) is 0.925. The van der Waals surface area contributed by atoms with E-state index in [9.17, 15) is 0 Å². The van der Waals surface area contributed by atoms with Gasteiger partial charge >= 0.3 is 0 Å². The zero-order valence-corrected chi connectivity index (χ0v) is 11.7. The van der Waals surface area contributed by atoms with Crippen LogP contribution in [0.4, 0.5) is 5.69 Å². The Hall–Kier alpha value is -1.09. The third kappa shape index (κ3) is 3.98. The molecule has 1 aliphatic heterocycles. The molecule has 0 saturated carbocycles. The topological polar surface area (TPSA) is 48.3 Å². The molecule has 0 aromatic heterocycles. The first-order chi connectivity index (χ1) is 8.78. The highest BCUT2D eigenvalue weighted by atomic mass is 79.9. The van der Waals surface area contributed by atoms with Gasteiger partial charge in [-0.1, -0.05) is 15.9 Å². The number of anilines is 1. The molecule has 1 fully saturated rings. The highest BCUT2D eigenvalue weighted by Crippen LogP contribution is 2.18. The van der Waals surface area contributed by atoms with Crippen molar-refractivity contribution < 1.29 is 4.74 Å². The van der Waals surface area contributed by atoms with E-state index >= 15 is 0 Å². The minimum absolute atomic E-state index is 0.665. The maximum absolute atomic E-state index is 8.90. The molecule has 0 aliphatic carbocycles. The molecule has 0 spiro atoms. The predicted molar refractivity (Wildman–Crippen MR) is 74.6 cm³/mol. The van der Waals surface area contributed by atoms with Gasteiger partial charge in [-0.25, -0.2) is 0 Å². The van der Waals surface area contributed by atoms with Gasteiger partial charge in [-0.3, -0.25) is 4.90 Å². The number of benzene rings is 1. The molecule has 0 radical (unpaired) electrons. The van der Waals surface area contributed by atoms with Crippen LogP contribution in [0.2, 0.25) is 0 Å². The number of hydrogen-bond acceptors (Lipinski definition) is 4. The van der Waals surface area contributed by atoms with Crippen LogP contribution >= 0.6 is 15.9 Å². The summed E-state index contributed by atoms with van der Waals surface area (Å²) in [7, 11) is 0. The molecule has 18 heavy (non-hydrogen) atoms. The largest absolute Gasteiger partial charge is 0.384 e. The Balaban J connectivity index is 1.82. The fourth-order valence-corrected chi connectivity index (χ4v) is 2.43. The Labute approximate surface area is 116 Å². The van der Waals surface area contributed by atoms with E-state index in [1.54, 1.807) is 0 Å². The number of hydrogen-bond donors (Lipinski definition) is 1. The van der Waals surface area contributed by atoms with Crippen LogP contribution in [0, 0.1) is 11.3 Å². The first-order valence-corrected chi connectivity index (χ1v) is 6.82. The minimum Gasteiger partial charge on any atom is -0.384 e. The molecule has 0 amide bonds. The van der Waals surface area contributed by atoms with E-state index in [0.29, 0.717) is 5.56 Å². The minimum atomic E-state index is 0.665. The lowest BCUT2D eigenvalue weighted by Crippen LogP contribution is -2.39. The van der Waals surface area contributed by atoms with Crippen LogP contribution in [-0.2, 0) is 4.74 Å². The summed E-state index contributed by atoms with van der Waals surface area (Å²) in [6, 6.07) is 7.82. The van der Waals surface area contributed by atoms with Crippen molar-refractivity contribution in [3.8, 4) is 6.07 Å². The van der Waals surface area contributed by atoms with E-state index < -0.39 is 0 Å². The van der Waals surface area contributed by atoms with Crippen LogP contribution in [0.5, 0.6) is 0 Å². The second kappa shape index (κ2) is 6.74. The monoisotopic (exact) mass is 309 g/mol. The zero-order valence-electron chi connectivity index (χ0n) is 10.2. The molecule has 1 heterocycles. The smallest absolute Gasteiger partial charge is 0.0992 e. The Kier molecular flexibility index (Phi) is 5.00. The third-order valence-electron chi connectivity index (χ3n) is 2.89. The molecular weight excluding hydrogens is 294 g/mol. The van der Waals surface area contributed by atoms with Crippen LogP contribution in [0.1, 0.15) is 5.56 Å². The Morgan fingerprint density at radius 3 is 2.83 bits per heavy atom. The van der Waals surface area contributed by atoms with Crippen molar-refractivity contribution in [3.63, 3.8) is 0 Å². The van der Waals surface area contributed by atoms with Gasteiger partial charge in [0.25, 0.3) is 0 Å². The van der Waals surface area contributed by atoms with Gasteiger partial charge in [0.1, 0.15) is 0 Å². The molecule has 0 atom stereocenters. The molecule has 1 saturated heterocycles. The highest BCUT2D eigenvalue weighted by molar-refractivity contribution is 9.10. The summed E-state index contributed by atoms with van der Waals surface area (Å²) in [4.78, 5) is 2.37. The lowest BCUT2D eigenvalue weighted by atomic mass is 10.2. The Bertz CT molecular complexity index is 438. The van der Waals surface area contributed by atoms with E-state index in [-0.39, 0.29) is 0 Å². The number of nitriles is 1. The lowest BCUT2D eigenvalue weighted by molar-refractivity contribution is 0.0398. The predicted octanol–water partition coefficient (Wildman–Crippen LogP) is 2.06. The van der Waals surface area contributed by atoms with Crippen molar-refractivity contribution in [2.75, 3.05) is 44.7 Å². The van der Waals surface area contributed by atoms with Crippen LogP contribution in [0.3, 0.4) is 0 Å². The van der Waals surface area contributed by atoms with Crippen LogP contribution in [0.15, 0.2) is 22.7 Å². The molecule has 1 aliphatic rings. The van der Waals surface area contributed by atoms with Crippen LogP contribution in [-0.4, -0.2) is 44.3 Å². The SMILES string of the molecule is N#Cc1cc(Br)cc(NCCN2CCOCC2)c1. The average molecular weight is 310 g/mol. The molecule has 2 rings (SSSR count). The first kappa shape index (κ1) is 13.3. The molecule has 0 bridgehead atoms. The molecule has 1 N–H and O–H groups in total. The standard InChI is InChI=1S/C13H16BrN3O/c14-12-7-11(10-15)8-13(9-12)16-1-2-17-3-5-18-6-4-17/h7-9,16H,1-6H2. The highest BCUT2D eigenvalue weighted by Gasteiger charge is 2.09. The van der Waals surface area contributed by atoms with Crippen molar-refractivity contribution in [1.82, 2.24) is 4.90 Å². The summed E-state index contributed by atoms with van der Waals surface area (Å²) < 4.78 is 6.23.